The molecule has 0 bridgehead atoms. The molecule has 3 N–H and O–H groups in total. The van der Waals surface area contributed by atoms with E-state index in [-0.39, 0.29) is 22.1 Å². The third-order valence-corrected chi connectivity index (χ3v) is 7.56. The molecule has 1 aromatic heterocycles. The van der Waals surface area contributed by atoms with Crippen molar-refractivity contribution in [3.63, 3.8) is 0 Å². The summed E-state index contributed by atoms with van der Waals surface area (Å²) in [5.41, 5.74) is -0.852. The molecule has 0 aliphatic carbocycles. The van der Waals surface area contributed by atoms with Gasteiger partial charge in [0.1, 0.15) is 8.42 Å². The fraction of sp³-hybridized carbons (Fsp3) is 0.667. The van der Waals surface area contributed by atoms with Crippen molar-refractivity contribution in [2.45, 2.75) is 27.7 Å². The topological polar surface area (TPSA) is 119 Å². The van der Waals surface area contributed by atoms with Crippen LogP contribution in [0, 0.1) is 0 Å². The maximum atomic E-state index is 13.2. The highest BCUT2D eigenvalue weighted by Crippen LogP contribution is 2.39. The van der Waals surface area contributed by atoms with Crippen LogP contribution in [-0.2, 0) is 24.8 Å². The van der Waals surface area contributed by atoms with Gasteiger partial charge in [-0.15, -0.1) is 11.3 Å². The number of likely N-dealkylation sites (N-methyl/N-ethyl adjacent to an activating group) is 1. The van der Waals surface area contributed by atoms with E-state index in [1.54, 1.807) is 5.32 Å². The zero-order valence-electron chi connectivity index (χ0n) is 22.5. The summed E-state index contributed by atoms with van der Waals surface area (Å²) >= 11 is 0.0794. The Morgan fingerprint density at radius 3 is 3.17 bits per heavy atom. The average molecular weight is 395 g/mol. The van der Waals surface area contributed by atoms with Gasteiger partial charge in [-0.2, -0.15) is 4.31 Å². The maximum absolute atomic E-state index is 13.2. The number of sulfonamides is 2. The molecule has 0 saturated carbocycles. The van der Waals surface area contributed by atoms with Gasteiger partial charge in [0, 0.05) is 47.9 Å². The molecular formula is C12H21N3O5S3. The second kappa shape index (κ2) is 7.13. The van der Waals surface area contributed by atoms with Crippen LogP contribution in [0.3, 0.4) is 0 Å². The van der Waals surface area contributed by atoms with Crippen LogP contribution in [0.2, 0.25) is 0 Å². The third kappa shape index (κ3) is 3.92. The summed E-state index contributed by atoms with van der Waals surface area (Å²) in [5.74, 6) is 0. The van der Waals surface area contributed by atoms with Crippen molar-refractivity contribution in [1.29, 1.82) is 0 Å². The van der Waals surface area contributed by atoms with Gasteiger partial charge in [-0.3, -0.25) is 0 Å². The molecule has 0 aromatic carbocycles. The van der Waals surface area contributed by atoms with E-state index in [0.717, 1.165) is 0 Å². The number of primary sulfonamides is 1. The fourth-order valence-electron chi connectivity index (χ4n) is 1.82. The van der Waals surface area contributed by atoms with Crippen LogP contribution >= 0.6 is 11.3 Å². The van der Waals surface area contributed by atoms with Crippen molar-refractivity contribution in [2.75, 3.05) is 33.2 Å². The molecule has 0 saturated heterocycles. The molecular weight excluding hydrogens is 362 g/mol. The van der Waals surface area contributed by atoms with E-state index >= 15 is 0 Å². The predicted octanol–water partition coefficient (Wildman–Crippen LogP) is 0.0869. The zero-order valence-corrected chi connectivity index (χ0v) is 13.9. The van der Waals surface area contributed by atoms with E-state index in [0.29, 0.717) is 6.07 Å². The maximum Gasteiger partial charge on any atom is 0.252 e. The molecule has 0 unspecified atom stereocenters. The van der Waals surface area contributed by atoms with Crippen molar-refractivity contribution in [3.8, 4) is 0 Å². The lowest BCUT2D eigenvalue weighted by Gasteiger charge is -2.32. The standard InChI is InChI=1S/C12H21N3O5S3/c1-3-14-10-8-15(5-4-6-20-2)23(18,19)12-9(10)7-11(21-12)22(13,16)17/h7,10,14H,3-6,8H2,1-2H3,(H2,13,16,17)/t10-/m0/s1/i1D3,2D3,3D2,8D2,10D. The summed E-state index contributed by atoms with van der Waals surface area (Å²) in [6.45, 7) is -11.6. The second-order valence-corrected chi connectivity index (χ2v) is 9.23. The molecule has 1 aliphatic heterocycles. The molecule has 132 valence electrons. The summed E-state index contributed by atoms with van der Waals surface area (Å²) in [4.78, 5) is 0. The van der Waals surface area contributed by atoms with Gasteiger partial charge in [0.2, 0.25) is 10.0 Å². The molecule has 23 heavy (non-hydrogen) atoms. The normalized spacial score (nSPS) is 35.4. The summed E-state index contributed by atoms with van der Waals surface area (Å²) in [6.07, 6.45) is -0.387. The quantitative estimate of drug-likeness (QED) is 0.633. The van der Waals surface area contributed by atoms with E-state index < -0.39 is 80.1 Å². The summed E-state index contributed by atoms with van der Waals surface area (Å²) in [5, 5.41) is 6.76. The zero-order chi connectivity index (χ0) is 26.8. The number of nitrogens with two attached hydrogens (primary N) is 1. The predicted molar refractivity (Wildman–Crippen MR) is 87.4 cm³/mol. The lowest BCUT2D eigenvalue weighted by atomic mass is 10.1. The summed E-state index contributed by atoms with van der Waals surface area (Å²) in [7, 11) is -12.2. The highest BCUT2D eigenvalue weighted by atomic mass is 32.3. The number of hydrogen-bond donors (Lipinski definition) is 2. The van der Waals surface area contributed by atoms with Gasteiger partial charge in [-0.1, -0.05) is 6.85 Å². The van der Waals surface area contributed by atoms with Gasteiger partial charge in [-0.05, 0) is 19.0 Å². The molecule has 0 fully saturated rings. The van der Waals surface area contributed by atoms with Crippen molar-refractivity contribution >= 4 is 31.4 Å². The Kier molecular flexibility index (Phi) is 2.70. The molecule has 1 atom stereocenters. The van der Waals surface area contributed by atoms with Crippen molar-refractivity contribution in [3.05, 3.63) is 11.6 Å². The largest absolute Gasteiger partial charge is 0.385 e. The van der Waals surface area contributed by atoms with Crippen LogP contribution in [0.25, 0.3) is 0 Å². The summed E-state index contributed by atoms with van der Waals surface area (Å²) < 4.78 is 137. The van der Waals surface area contributed by atoms with Gasteiger partial charge < -0.3 is 10.1 Å². The number of nitrogens with one attached hydrogen (secondary N) is 1. The highest BCUT2D eigenvalue weighted by Gasteiger charge is 2.39. The number of ether oxygens (including phenoxy) is 1. The number of hydrogen-bond acceptors (Lipinski definition) is 7. The average Bonchev–Trinajstić information content (AvgIpc) is 3.05. The van der Waals surface area contributed by atoms with E-state index in [1.165, 1.54) is 0 Å². The van der Waals surface area contributed by atoms with Gasteiger partial charge in [0.25, 0.3) is 10.0 Å². The minimum absolute atomic E-state index is 0.0794. The van der Waals surface area contributed by atoms with Crippen molar-refractivity contribution in [1.82, 2.24) is 9.62 Å². The molecule has 0 spiro atoms. The number of nitrogens with zero attached hydrogens (tertiary/aromatic N) is 1. The molecule has 1 aliphatic rings. The SMILES string of the molecule is [2H]C([2H])([2H])OCCCN1C([2H])([2H])[C@]([2H])(NC([2H])([2H])C([2H])([2H])[2H])c2cc(S(N)(=O)=O)sc2S1(=O)=O. The lowest BCUT2D eigenvalue weighted by Crippen LogP contribution is -2.43. The van der Waals surface area contributed by atoms with Crippen molar-refractivity contribution in [2.24, 2.45) is 5.14 Å². The van der Waals surface area contributed by atoms with Gasteiger partial charge in [0.15, 0.2) is 0 Å². The smallest absolute Gasteiger partial charge is 0.252 e. The molecule has 8 nitrogen and oxygen atoms in total. The van der Waals surface area contributed by atoms with Crippen LogP contribution < -0.4 is 10.5 Å². The van der Waals surface area contributed by atoms with Gasteiger partial charge >= 0.3 is 0 Å². The van der Waals surface area contributed by atoms with Crippen LogP contribution in [0.1, 0.15) is 39.9 Å². The first-order valence-corrected chi connectivity index (χ1v) is 9.81. The molecule has 0 amide bonds. The minimum Gasteiger partial charge on any atom is -0.385 e. The monoisotopic (exact) mass is 394 g/mol. The molecule has 2 rings (SSSR count). The Bertz CT molecular complexity index is 1150. The Hall–Kier alpha value is -0.560. The Morgan fingerprint density at radius 1 is 1.74 bits per heavy atom. The first-order valence-electron chi connectivity index (χ1n) is 11.5. The Balaban J connectivity index is 2.70. The van der Waals surface area contributed by atoms with E-state index in [2.05, 4.69) is 4.74 Å². The van der Waals surface area contributed by atoms with E-state index in [4.69, 9.17) is 20.2 Å². The molecule has 0 radical (unpaired) electrons. The van der Waals surface area contributed by atoms with E-state index in [1.807, 2.05) is 0 Å². The highest BCUT2D eigenvalue weighted by molar-refractivity contribution is 7.94. The molecule has 1 aromatic rings. The van der Waals surface area contributed by atoms with Crippen molar-refractivity contribution < 1.29 is 36.7 Å². The van der Waals surface area contributed by atoms with Crippen LogP contribution in [0.5, 0.6) is 0 Å². The number of methoxy groups -OCH3 is 1. The Labute approximate surface area is 156 Å². The minimum atomic E-state index is -4.87. The first-order chi connectivity index (χ1) is 14.9. The number of fused-ring (bicyclic) bond motifs is 1. The molecule has 2 heterocycles. The van der Waals surface area contributed by atoms with Crippen LogP contribution in [-0.4, -0.2) is 54.3 Å². The number of thiophene rings is 1. The third-order valence-electron chi connectivity index (χ3n) is 2.78. The number of rotatable bonds is 7. The second-order valence-electron chi connectivity index (χ2n) is 4.33. The van der Waals surface area contributed by atoms with Crippen LogP contribution in [0.15, 0.2) is 14.5 Å². The van der Waals surface area contributed by atoms with Gasteiger partial charge in [0.05, 0.1) is 5.48 Å². The van der Waals surface area contributed by atoms with Crippen LogP contribution in [0.4, 0.5) is 0 Å². The Morgan fingerprint density at radius 2 is 2.52 bits per heavy atom. The summed E-state index contributed by atoms with van der Waals surface area (Å²) in [6, 6.07) is -2.59. The van der Waals surface area contributed by atoms with Gasteiger partial charge in [-0.25, -0.2) is 22.0 Å². The lowest BCUT2D eigenvalue weighted by molar-refractivity contribution is 0.185. The first kappa shape index (κ1) is 8.70. The fourth-order valence-corrected chi connectivity index (χ4v) is 5.78. The molecule has 11 heteroatoms. The van der Waals surface area contributed by atoms with E-state index in [9.17, 15) is 16.8 Å².